The minimum atomic E-state index is -0.400. The third-order valence-corrected chi connectivity index (χ3v) is 6.96. The molecule has 0 bridgehead atoms. The van der Waals surface area contributed by atoms with Crippen molar-refractivity contribution in [3.05, 3.63) is 66.0 Å². The van der Waals surface area contributed by atoms with E-state index in [1.54, 1.807) is 20.3 Å². The second kappa shape index (κ2) is 31.6. The maximum Gasteiger partial charge on any atom is 0.237 e. The lowest BCUT2D eigenvalue weighted by Gasteiger charge is -2.23. The first-order valence-corrected chi connectivity index (χ1v) is 18.5. The highest BCUT2D eigenvalue weighted by Gasteiger charge is 2.31. The molecule has 1 aromatic heterocycles. The molecule has 3 atom stereocenters. The Balaban J connectivity index is 0.000000721. The molecule has 298 valence electrons. The van der Waals surface area contributed by atoms with Crippen molar-refractivity contribution in [1.29, 1.82) is 0 Å². The van der Waals surface area contributed by atoms with Gasteiger partial charge in [0.25, 0.3) is 0 Å². The number of ether oxygens (including phenoxy) is 2. The summed E-state index contributed by atoms with van der Waals surface area (Å²) in [5.41, 5.74) is 2.03. The first kappa shape index (κ1) is 49.1. The van der Waals surface area contributed by atoms with Crippen molar-refractivity contribution in [2.45, 2.75) is 79.0 Å². The van der Waals surface area contributed by atoms with Crippen LogP contribution in [0.15, 0.2) is 54.7 Å². The standard InChI is InChI=1S/C13H17N3O3.C13H18N2O2.C6H11NO2.2C4H10/c1-14-10(6-9-4-2-3-5-15-9)13(18)16-7-11(17)12-8-19-12;1-14-12(13(17)15-9-10-16)8-7-11-5-3-2-4-6-11;8-4-1-7-2-5-9-6-3-7;2*1-4(2)3/h2-5,10,12,14H,6-8H2,1H3,(H,16,18);2-6,10,12,14H,7-9H2,1H3,(H,15,17);4H,1-3,5-6H2;2*4H,1-3H3. The maximum absolute atomic E-state index is 11.9. The summed E-state index contributed by atoms with van der Waals surface area (Å²) >= 11 is 0. The number of carbonyl (C=O) groups excluding carboxylic acids is 5. The van der Waals surface area contributed by atoms with Gasteiger partial charge in [-0.25, -0.2) is 0 Å². The average Bonchev–Trinajstić information content (AvgIpc) is 4.00. The topological polar surface area (TPSA) is 171 Å². The van der Waals surface area contributed by atoms with Gasteiger partial charge in [-0.15, -0.1) is 0 Å². The minimum absolute atomic E-state index is 0.0178. The number of carbonyl (C=O) groups is 5. The van der Waals surface area contributed by atoms with Crippen molar-refractivity contribution in [2.24, 2.45) is 11.8 Å². The van der Waals surface area contributed by atoms with E-state index in [0.717, 1.165) is 56.5 Å². The predicted molar refractivity (Wildman–Crippen MR) is 210 cm³/mol. The molecule has 2 aliphatic rings. The van der Waals surface area contributed by atoms with Gasteiger partial charge in [-0.05, 0) is 56.5 Å². The number of aryl methyl sites for hydroxylation is 1. The number of aldehydes is 2. The van der Waals surface area contributed by atoms with Crippen LogP contribution in [-0.4, -0.2) is 125 Å². The number of epoxide rings is 1. The molecule has 13 nitrogen and oxygen atoms in total. The van der Waals surface area contributed by atoms with E-state index in [1.807, 2.05) is 48.5 Å². The number of likely N-dealkylation sites (N-methyl/N-ethyl adjacent to an activating group) is 2. The third kappa shape index (κ3) is 28.3. The molecule has 0 spiro atoms. The van der Waals surface area contributed by atoms with Crippen LogP contribution in [0.2, 0.25) is 0 Å². The van der Waals surface area contributed by atoms with E-state index in [1.165, 1.54) is 5.56 Å². The Morgan fingerprint density at radius 1 is 0.830 bits per heavy atom. The molecule has 0 saturated carbocycles. The average molecular weight is 743 g/mol. The number of benzene rings is 1. The first-order valence-electron chi connectivity index (χ1n) is 18.5. The molecule has 4 N–H and O–H groups in total. The van der Waals surface area contributed by atoms with E-state index in [4.69, 9.17) is 9.47 Å². The zero-order valence-electron chi connectivity index (χ0n) is 33.3. The molecule has 0 aliphatic carbocycles. The molecule has 0 radical (unpaired) electrons. The molecular formula is C40H66N6O7. The van der Waals surface area contributed by atoms with Crippen LogP contribution in [0.4, 0.5) is 0 Å². The lowest BCUT2D eigenvalue weighted by Crippen LogP contribution is -2.46. The minimum Gasteiger partial charge on any atom is -0.379 e. The van der Waals surface area contributed by atoms with Gasteiger partial charge in [0.15, 0.2) is 5.78 Å². The van der Waals surface area contributed by atoms with Gasteiger partial charge in [0.1, 0.15) is 18.7 Å². The molecule has 3 heterocycles. The predicted octanol–water partition coefficient (Wildman–Crippen LogP) is 2.66. The molecule has 13 heteroatoms. The van der Waals surface area contributed by atoms with Crippen molar-refractivity contribution in [3.8, 4) is 0 Å². The second-order valence-electron chi connectivity index (χ2n) is 13.7. The number of hydrogen-bond donors (Lipinski definition) is 4. The monoisotopic (exact) mass is 742 g/mol. The number of aromatic nitrogens is 1. The van der Waals surface area contributed by atoms with Crippen molar-refractivity contribution in [2.75, 3.05) is 66.6 Å². The van der Waals surface area contributed by atoms with E-state index in [2.05, 4.69) is 72.7 Å². The number of rotatable bonds is 16. The molecular weight excluding hydrogens is 676 g/mol. The van der Waals surface area contributed by atoms with E-state index in [-0.39, 0.29) is 42.8 Å². The molecule has 2 amide bonds. The molecule has 2 aromatic rings. The molecule has 3 unspecified atom stereocenters. The van der Waals surface area contributed by atoms with Crippen LogP contribution in [0.3, 0.4) is 0 Å². The summed E-state index contributed by atoms with van der Waals surface area (Å²) in [6.07, 6.45) is 5.02. The largest absolute Gasteiger partial charge is 0.379 e. The highest BCUT2D eigenvalue weighted by Crippen LogP contribution is 2.09. The quantitative estimate of drug-likeness (QED) is 0.147. The van der Waals surface area contributed by atoms with Crippen LogP contribution in [0.1, 0.15) is 59.2 Å². The number of amides is 2. The SMILES string of the molecule is CC(C)C.CC(C)C.CNC(CCc1ccccc1)C(=O)NCC=O.CNC(Cc1ccccn1)C(=O)NCC(=O)C1CO1.O=CCN1CCOCC1. The smallest absolute Gasteiger partial charge is 0.237 e. The molecule has 1 aromatic carbocycles. The Bertz CT molecular complexity index is 1230. The summed E-state index contributed by atoms with van der Waals surface area (Å²) in [5.74, 6) is 1.25. The van der Waals surface area contributed by atoms with Crippen molar-refractivity contribution in [1.82, 2.24) is 31.2 Å². The fraction of sp³-hybridized carbons (Fsp3) is 0.600. The zero-order valence-corrected chi connectivity index (χ0v) is 33.3. The Hall–Kier alpha value is -3.88. The van der Waals surface area contributed by atoms with E-state index >= 15 is 0 Å². The lowest BCUT2D eigenvalue weighted by molar-refractivity contribution is -0.126. The van der Waals surface area contributed by atoms with Crippen molar-refractivity contribution < 1.29 is 33.4 Å². The zero-order chi connectivity index (χ0) is 39.9. The highest BCUT2D eigenvalue weighted by atomic mass is 16.6. The van der Waals surface area contributed by atoms with E-state index in [0.29, 0.717) is 32.3 Å². The first-order chi connectivity index (χ1) is 25.4. The number of hydrogen-bond acceptors (Lipinski definition) is 11. The summed E-state index contributed by atoms with van der Waals surface area (Å²) in [7, 11) is 3.45. The highest BCUT2D eigenvalue weighted by molar-refractivity contribution is 5.91. The van der Waals surface area contributed by atoms with Gasteiger partial charge in [0, 0.05) is 31.4 Å². The van der Waals surface area contributed by atoms with Crippen LogP contribution < -0.4 is 21.3 Å². The molecule has 2 saturated heterocycles. The van der Waals surface area contributed by atoms with E-state index < -0.39 is 6.04 Å². The number of pyridine rings is 1. The number of Topliss-reactive ketones (excluding diaryl/α,β-unsaturated/α-hetero) is 1. The van der Waals surface area contributed by atoms with Crippen LogP contribution >= 0.6 is 0 Å². The van der Waals surface area contributed by atoms with Gasteiger partial charge < -0.3 is 40.3 Å². The Morgan fingerprint density at radius 3 is 1.89 bits per heavy atom. The summed E-state index contributed by atoms with van der Waals surface area (Å²) < 4.78 is 9.95. The van der Waals surface area contributed by atoms with Gasteiger partial charge in [-0.1, -0.05) is 77.9 Å². The van der Waals surface area contributed by atoms with Gasteiger partial charge in [-0.3, -0.25) is 24.3 Å². The number of nitrogens with one attached hydrogen (secondary N) is 4. The fourth-order valence-electron chi connectivity index (χ4n) is 4.22. The summed E-state index contributed by atoms with van der Waals surface area (Å²) in [6.45, 7) is 17.5. The van der Waals surface area contributed by atoms with Gasteiger partial charge >= 0.3 is 0 Å². The maximum atomic E-state index is 11.9. The molecule has 53 heavy (non-hydrogen) atoms. The van der Waals surface area contributed by atoms with Gasteiger partial charge in [0.05, 0.1) is 51.5 Å². The third-order valence-electron chi connectivity index (χ3n) is 6.96. The summed E-state index contributed by atoms with van der Waals surface area (Å²) in [6, 6.07) is 14.9. The lowest BCUT2D eigenvalue weighted by atomic mass is 10.0. The normalized spacial score (nSPS) is 15.5. The van der Waals surface area contributed by atoms with Crippen LogP contribution in [0.25, 0.3) is 0 Å². The summed E-state index contributed by atoms with van der Waals surface area (Å²) in [5, 5.41) is 11.0. The van der Waals surface area contributed by atoms with E-state index in [9.17, 15) is 24.0 Å². The van der Waals surface area contributed by atoms with Crippen molar-refractivity contribution in [3.63, 3.8) is 0 Å². The van der Waals surface area contributed by atoms with Crippen LogP contribution in [0.5, 0.6) is 0 Å². The Labute approximate surface area is 317 Å². The Morgan fingerprint density at radius 2 is 1.40 bits per heavy atom. The number of nitrogens with zero attached hydrogens (tertiary/aromatic N) is 2. The van der Waals surface area contributed by atoms with Crippen molar-refractivity contribution >= 4 is 30.2 Å². The number of morpholine rings is 1. The van der Waals surface area contributed by atoms with Gasteiger partial charge in [0.2, 0.25) is 11.8 Å². The fourth-order valence-corrected chi connectivity index (χ4v) is 4.22. The molecule has 4 rings (SSSR count). The van der Waals surface area contributed by atoms with Crippen LogP contribution in [-0.2, 0) is 46.3 Å². The second-order valence-corrected chi connectivity index (χ2v) is 13.7. The summed E-state index contributed by atoms with van der Waals surface area (Å²) in [4.78, 5) is 61.4. The molecule has 2 fully saturated rings. The number of ketones is 1. The van der Waals surface area contributed by atoms with Gasteiger partial charge in [-0.2, -0.15) is 0 Å². The molecule has 2 aliphatic heterocycles. The van der Waals surface area contributed by atoms with Crippen LogP contribution in [0, 0.1) is 11.8 Å². The Kier molecular flexibility index (Phi) is 29.3.